The molecule has 0 unspecified atom stereocenters. The maximum Gasteiger partial charge on any atom is 0.0587 e. The molecule has 0 atom stereocenters. The quantitative estimate of drug-likeness (QED) is 0.632. The molecule has 3 heteroatoms. The molecule has 1 aromatic carbocycles. The summed E-state index contributed by atoms with van der Waals surface area (Å²) in [6, 6.07) is 10.9. The summed E-state index contributed by atoms with van der Waals surface area (Å²) in [5.41, 5.74) is 1.94. The number of benzene rings is 1. The van der Waals surface area contributed by atoms with Crippen molar-refractivity contribution in [3.63, 3.8) is 0 Å². The van der Waals surface area contributed by atoms with E-state index in [1.165, 1.54) is 24.8 Å². The maximum absolute atomic E-state index is 4.99. The molecule has 1 saturated carbocycles. The molecule has 1 aliphatic rings. The molecule has 0 radical (unpaired) electrons. The van der Waals surface area contributed by atoms with Crippen molar-refractivity contribution in [2.45, 2.75) is 24.7 Å². The highest BCUT2D eigenvalue weighted by molar-refractivity contribution is 5.31. The van der Waals surface area contributed by atoms with Crippen LogP contribution in [0.25, 0.3) is 0 Å². The van der Waals surface area contributed by atoms with Crippen LogP contribution in [0.3, 0.4) is 0 Å². The van der Waals surface area contributed by atoms with E-state index in [0.29, 0.717) is 5.41 Å². The maximum atomic E-state index is 4.99. The van der Waals surface area contributed by atoms with Gasteiger partial charge in [-0.1, -0.05) is 30.3 Å². The first-order chi connectivity index (χ1) is 9.37. The minimum absolute atomic E-state index is 0.435. The van der Waals surface area contributed by atoms with Crippen LogP contribution in [-0.2, 0) is 10.2 Å². The Bertz CT molecular complexity index is 349. The van der Waals surface area contributed by atoms with Crippen LogP contribution in [0.4, 0.5) is 0 Å². The lowest BCUT2D eigenvalue weighted by Gasteiger charge is -2.16. The Labute approximate surface area is 116 Å². The van der Waals surface area contributed by atoms with Gasteiger partial charge in [-0.05, 0) is 37.9 Å². The van der Waals surface area contributed by atoms with Gasteiger partial charge < -0.3 is 15.4 Å². The lowest BCUT2D eigenvalue weighted by Crippen LogP contribution is -2.30. The number of nitrogens with one attached hydrogen (secondary N) is 2. The number of hydrogen-bond donors (Lipinski definition) is 2. The largest absolute Gasteiger partial charge is 0.383 e. The van der Waals surface area contributed by atoms with Crippen LogP contribution >= 0.6 is 0 Å². The van der Waals surface area contributed by atoms with Crippen molar-refractivity contribution < 1.29 is 4.74 Å². The van der Waals surface area contributed by atoms with E-state index in [1.807, 2.05) is 0 Å². The SMILES string of the molecule is COCCNCCCNCC1(c2ccccc2)CC1. The molecule has 19 heavy (non-hydrogen) atoms. The molecule has 0 spiro atoms. The second-order valence-corrected chi connectivity index (χ2v) is 5.42. The lowest BCUT2D eigenvalue weighted by atomic mass is 9.96. The van der Waals surface area contributed by atoms with Crippen LogP contribution in [0.1, 0.15) is 24.8 Å². The van der Waals surface area contributed by atoms with Crippen LogP contribution < -0.4 is 10.6 Å². The molecule has 1 aromatic rings. The van der Waals surface area contributed by atoms with Crippen molar-refractivity contribution in [3.8, 4) is 0 Å². The second kappa shape index (κ2) is 7.63. The molecule has 0 aliphatic heterocycles. The van der Waals surface area contributed by atoms with Crippen LogP contribution in [0.2, 0.25) is 0 Å². The Morgan fingerprint density at radius 1 is 1.05 bits per heavy atom. The highest BCUT2D eigenvalue weighted by Crippen LogP contribution is 2.47. The predicted molar refractivity (Wildman–Crippen MR) is 79.6 cm³/mol. The van der Waals surface area contributed by atoms with Gasteiger partial charge in [0.2, 0.25) is 0 Å². The van der Waals surface area contributed by atoms with E-state index in [-0.39, 0.29) is 0 Å². The van der Waals surface area contributed by atoms with Crippen molar-refractivity contribution in [3.05, 3.63) is 35.9 Å². The Morgan fingerprint density at radius 3 is 2.47 bits per heavy atom. The second-order valence-electron chi connectivity index (χ2n) is 5.42. The summed E-state index contributed by atoms with van der Waals surface area (Å²) >= 11 is 0. The summed E-state index contributed by atoms with van der Waals surface area (Å²) in [4.78, 5) is 0. The average Bonchev–Trinajstić information content (AvgIpc) is 3.24. The van der Waals surface area contributed by atoms with Crippen molar-refractivity contribution in [1.29, 1.82) is 0 Å². The molecule has 1 aliphatic carbocycles. The van der Waals surface area contributed by atoms with E-state index in [9.17, 15) is 0 Å². The zero-order chi connectivity index (χ0) is 13.4. The smallest absolute Gasteiger partial charge is 0.0587 e. The minimum Gasteiger partial charge on any atom is -0.383 e. The van der Waals surface area contributed by atoms with Gasteiger partial charge in [0.05, 0.1) is 6.61 Å². The van der Waals surface area contributed by atoms with E-state index in [1.54, 1.807) is 7.11 Å². The van der Waals surface area contributed by atoms with E-state index in [4.69, 9.17) is 4.74 Å². The minimum atomic E-state index is 0.435. The molecule has 0 aromatic heterocycles. The molecule has 0 saturated heterocycles. The van der Waals surface area contributed by atoms with E-state index < -0.39 is 0 Å². The Hall–Kier alpha value is -0.900. The zero-order valence-electron chi connectivity index (χ0n) is 12.0. The molecule has 3 nitrogen and oxygen atoms in total. The molecule has 106 valence electrons. The summed E-state index contributed by atoms with van der Waals surface area (Å²) < 4.78 is 4.99. The Kier molecular flexibility index (Phi) is 5.83. The molecule has 0 amide bonds. The Balaban J connectivity index is 1.56. The normalized spacial score (nSPS) is 16.5. The van der Waals surface area contributed by atoms with Gasteiger partial charge in [0, 0.05) is 25.6 Å². The molecule has 2 N–H and O–H groups in total. The fourth-order valence-electron chi connectivity index (χ4n) is 2.48. The summed E-state index contributed by atoms with van der Waals surface area (Å²) in [6.45, 7) is 5.02. The first-order valence-corrected chi connectivity index (χ1v) is 7.33. The molecule has 0 heterocycles. The number of rotatable bonds is 10. The standard InChI is InChI=1S/C16H26N2O/c1-19-13-12-17-10-5-11-18-14-16(8-9-16)15-6-3-2-4-7-15/h2-4,6-7,17-18H,5,8-14H2,1H3. The predicted octanol–water partition coefficient (Wildman–Crippen LogP) is 1.93. The van der Waals surface area contributed by atoms with Gasteiger partial charge in [-0.15, -0.1) is 0 Å². The summed E-state index contributed by atoms with van der Waals surface area (Å²) in [6.07, 6.45) is 3.83. The Morgan fingerprint density at radius 2 is 1.79 bits per heavy atom. The van der Waals surface area contributed by atoms with Crippen LogP contribution in [0.15, 0.2) is 30.3 Å². The third-order valence-corrected chi connectivity index (χ3v) is 3.89. The van der Waals surface area contributed by atoms with E-state index in [2.05, 4.69) is 41.0 Å². The number of ether oxygens (including phenoxy) is 1. The van der Waals surface area contributed by atoms with Gasteiger partial charge in [0.25, 0.3) is 0 Å². The third-order valence-electron chi connectivity index (χ3n) is 3.89. The summed E-state index contributed by atoms with van der Waals surface area (Å²) in [5.74, 6) is 0. The summed E-state index contributed by atoms with van der Waals surface area (Å²) in [7, 11) is 1.74. The highest BCUT2D eigenvalue weighted by atomic mass is 16.5. The third kappa shape index (κ3) is 4.60. The lowest BCUT2D eigenvalue weighted by molar-refractivity contribution is 0.199. The van der Waals surface area contributed by atoms with Gasteiger partial charge in [-0.25, -0.2) is 0 Å². The molecular formula is C16H26N2O. The van der Waals surface area contributed by atoms with Gasteiger partial charge in [0.1, 0.15) is 0 Å². The van der Waals surface area contributed by atoms with Gasteiger partial charge in [0.15, 0.2) is 0 Å². The van der Waals surface area contributed by atoms with Crippen LogP contribution in [-0.4, -0.2) is 39.9 Å². The van der Waals surface area contributed by atoms with E-state index in [0.717, 1.165) is 32.8 Å². The fourth-order valence-corrected chi connectivity index (χ4v) is 2.48. The van der Waals surface area contributed by atoms with Gasteiger partial charge in [-0.2, -0.15) is 0 Å². The van der Waals surface area contributed by atoms with Crippen LogP contribution in [0, 0.1) is 0 Å². The number of hydrogen-bond acceptors (Lipinski definition) is 3. The van der Waals surface area contributed by atoms with E-state index >= 15 is 0 Å². The van der Waals surface area contributed by atoms with Crippen molar-refractivity contribution in [2.24, 2.45) is 0 Å². The van der Waals surface area contributed by atoms with Crippen molar-refractivity contribution in [1.82, 2.24) is 10.6 Å². The van der Waals surface area contributed by atoms with Crippen molar-refractivity contribution in [2.75, 3.05) is 39.9 Å². The van der Waals surface area contributed by atoms with Crippen molar-refractivity contribution >= 4 is 0 Å². The fraction of sp³-hybridized carbons (Fsp3) is 0.625. The molecule has 0 bridgehead atoms. The monoisotopic (exact) mass is 262 g/mol. The molecule has 1 fully saturated rings. The molecule has 2 rings (SSSR count). The topological polar surface area (TPSA) is 33.3 Å². The molecular weight excluding hydrogens is 236 g/mol. The zero-order valence-corrected chi connectivity index (χ0v) is 12.0. The van der Waals surface area contributed by atoms with Gasteiger partial charge in [-0.3, -0.25) is 0 Å². The van der Waals surface area contributed by atoms with Gasteiger partial charge >= 0.3 is 0 Å². The highest BCUT2D eigenvalue weighted by Gasteiger charge is 2.43. The van der Waals surface area contributed by atoms with Crippen LogP contribution in [0.5, 0.6) is 0 Å². The first kappa shape index (κ1) is 14.5. The number of methoxy groups -OCH3 is 1. The summed E-state index contributed by atoms with van der Waals surface area (Å²) in [5, 5.41) is 6.97. The first-order valence-electron chi connectivity index (χ1n) is 7.33. The average molecular weight is 262 g/mol.